The van der Waals surface area contributed by atoms with Gasteiger partial charge in [0.05, 0.1) is 6.04 Å². The van der Waals surface area contributed by atoms with Crippen LogP contribution in [0.25, 0.3) is 0 Å². The van der Waals surface area contributed by atoms with Crippen LogP contribution in [-0.2, 0) is 11.2 Å². The highest BCUT2D eigenvalue weighted by molar-refractivity contribution is 5.95. The molecular weight excluding hydrogens is 198 g/mol. The number of aryl methyl sites for hydroxylation is 1. The predicted molar refractivity (Wildman–Crippen MR) is 66.9 cm³/mol. The second-order valence-electron chi connectivity index (χ2n) is 4.61. The minimum absolute atomic E-state index is 0.320. The number of hydrogen-bond donors (Lipinski definition) is 0. The Bertz CT molecular complexity index is 378. The zero-order valence-corrected chi connectivity index (χ0v) is 10.2. The van der Waals surface area contributed by atoms with E-state index in [0.717, 1.165) is 24.5 Å². The number of ether oxygens (including phenoxy) is 1. The summed E-state index contributed by atoms with van der Waals surface area (Å²) in [5.41, 5.74) is 2.45. The van der Waals surface area contributed by atoms with Crippen LogP contribution in [0.3, 0.4) is 0 Å². The quantitative estimate of drug-likeness (QED) is 0.762. The first-order valence-corrected chi connectivity index (χ1v) is 6.00. The number of hydrogen-bond acceptors (Lipinski definition) is 2. The maximum atomic E-state index is 5.64. The summed E-state index contributed by atoms with van der Waals surface area (Å²) in [5.74, 6) is 1.36. The lowest BCUT2D eigenvalue weighted by molar-refractivity contribution is 0.292. The molecule has 1 atom stereocenters. The summed E-state index contributed by atoms with van der Waals surface area (Å²) in [6.07, 6.45) is 1.07. The molecule has 2 rings (SSSR count). The van der Waals surface area contributed by atoms with Gasteiger partial charge in [0.1, 0.15) is 6.61 Å². The summed E-state index contributed by atoms with van der Waals surface area (Å²) in [5, 5.41) is 0. The van der Waals surface area contributed by atoms with Crippen LogP contribution in [-0.4, -0.2) is 18.5 Å². The van der Waals surface area contributed by atoms with Crippen LogP contribution in [0.15, 0.2) is 29.3 Å². The SMILES string of the molecule is CCc1ccc(C2=N[C@@H](C(C)C)CO2)cc1. The third-order valence-electron chi connectivity index (χ3n) is 3.05. The van der Waals surface area contributed by atoms with Crippen molar-refractivity contribution in [3.63, 3.8) is 0 Å². The topological polar surface area (TPSA) is 21.6 Å². The molecule has 0 aliphatic carbocycles. The maximum absolute atomic E-state index is 5.64. The number of aliphatic imine (C=N–C) groups is 1. The molecule has 0 unspecified atom stereocenters. The number of nitrogens with zero attached hydrogens (tertiary/aromatic N) is 1. The monoisotopic (exact) mass is 217 g/mol. The summed E-state index contributed by atoms with van der Waals surface area (Å²) in [6, 6.07) is 8.80. The lowest BCUT2D eigenvalue weighted by Gasteiger charge is -2.06. The molecule has 1 aromatic carbocycles. The molecule has 0 bridgehead atoms. The zero-order chi connectivity index (χ0) is 11.5. The fourth-order valence-corrected chi connectivity index (χ4v) is 1.77. The van der Waals surface area contributed by atoms with E-state index < -0.39 is 0 Å². The molecule has 0 aromatic heterocycles. The highest BCUT2D eigenvalue weighted by Gasteiger charge is 2.22. The maximum Gasteiger partial charge on any atom is 0.216 e. The van der Waals surface area contributed by atoms with Gasteiger partial charge in [-0.3, -0.25) is 0 Å². The Kier molecular flexibility index (Phi) is 3.28. The van der Waals surface area contributed by atoms with Crippen molar-refractivity contribution in [2.75, 3.05) is 6.61 Å². The van der Waals surface area contributed by atoms with Crippen molar-refractivity contribution in [1.29, 1.82) is 0 Å². The third kappa shape index (κ3) is 2.26. The lowest BCUT2D eigenvalue weighted by Crippen LogP contribution is -2.13. The van der Waals surface area contributed by atoms with E-state index in [2.05, 4.69) is 50.0 Å². The Morgan fingerprint density at radius 1 is 1.31 bits per heavy atom. The van der Waals surface area contributed by atoms with Gasteiger partial charge in [-0.25, -0.2) is 4.99 Å². The molecular formula is C14H19NO. The largest absolute Gasteiger partial charge is 0.475 e. The Labute approximate surface area is 97.4 Å². The summed E-state index contributed by atoms with van der Waals surface area (Å²) in [7, 11) is 0. The van der Waals surface area contributed by atoms with Crippen LogP contribution in [0.5, 0.6) is 0 Å². The lowest BCUT2D eigenvalue weighted by atomic mass is 10.1. The standard InChI is InChI=1S/C14H19NO/c1-4-11-5-7-12(8-6-11)14-15-13(9-16-14)10(2)3/h5-8,10,13H,4,9H2,1-3H3/t13-/m1/s1. The van der Waals surface area contributed by atoms with Gasteiger partial charge in [0.15, 0.2) is 0 Å². The van der Waals surface area contributed by atoms with Crippen LogP contribution >= 0.6 is 0 Å². The molecule has 0 amide bonds. The first kappa shape index (κ1) is 11.2. The van der Waals surface area contributed by atoms with Gasteiger partial charge in [0, 0.05) is 5.56 Å². The Morgan fingerprint density at radius 2 is 2.00 bits per heavy atom. The summed E-state index contributed by atoms with van der Waals surface area (Å²) >= 11 is 0. The Hall–Kier alpha value is -1.31. The van der Waals surface area contributed by atoms with E-state index in [0.29, 0.717) is 12.0 Å². The van der Waals surface area contributed by atoms with Gasteiger partial charge in [-0.1, -0.05) is 32.9 Å². The number of benzene rings is 1. The molecule has 1 aliphatic rings. The van der Waals surface area contributed by atoms with Crippen molar-refractivity contribution < 1.29 is 4.74 Å². The Balaban J connectivity index is 2.16. The van der Waals surface area contributed by atoms with Gasteiger partial charge in [0.25, 0.3) is 0 Å². The van der Waals surface area contributed by atoms with E-state index in [4.69, 9.17) is 4.74 Å². The molecule has 0 N–H and O–H groups in total. The third-order valence-corrected chi connectivity index (χ3v) is 3.05. The van der Waals surface area contributed by atoms with Crippen LogP contribution in [0.4, 0.5) is 0 Å². The molecule has 2 nitrogen and oxygen atoms in total. The van der Waals surface area contributed by atoms with Gasteiger partial charge in [-0.15, -0.1) is 0 Å². The molecule has 0 saturated carbocycles. The highest BCUT2D eigenvalue weighted by Crippen LogP contribution is 2.17. The van der Waals surface area contributed by atoms with Crippen molar-refractivity contribution >= 4 is 5.90 Å². The van der Waals surface area contributed by atoms with Crippen molar-refractivity contribution in [3.05, 3.63) is 35.4 Å². The van der Waals surface area contributed by atoms with Crippen molar-refractivity contribution in [2.24, 2.45) is 10.9 Å². The van der Waals surface area contributed by atoms with Crippen molar-refractivity contribution in [3.8, 4) is 0 Å². The van der Waals surface area contributed by atoms with Gasteiger partial charge >= 0.3 is 0 Å². The first-order valence-electron chi connectivity index (χ1n) is 6.00. The van der Waals surface area contributed by atoms with E-state index in [9.17, 15) is 0 Å². The van der Waals surface area contributed by atoms with Gasteiger partial charge in [-0.05, 0) is 30.0 Å². The summed E-state index contributed by atoms with van der Waals surface area (Å²) < 4.78 is 5.64. The van der Waals surface area contributed by atoms with Gasteiger partial charge < -0.3 is 4.74 Å². The minimum Gasteiger partial charge on any atom is -0.475 e. The second kappa shape index (κ2) is 4.69. The molecule has 0 radical (unpaired) electrons. The molecule has 0 saturated heterocycles. The highest BCUT2D eigenvalue weighted by atomic mass is 16.5. The Morgan fingerprint density at radius 3 is 2.50 bits per heavy atom. The van der Waals surface area contributed by atoms with Crippen molar-refractivity contribution in [2.45, 2.75) is 33.2 Å². The fraction of sp³-hybridized carbons (Fsp3) is 0.500. The van der Waals surface area contributed by atoms with E-state index in [1.807, 2.05) is 0 Å². The average molecular weight is 217 g/mol. The smallest absolute Gasteiger partial charge is 0.216 e. The average Bonchev–Trinajstić information content (AvgIpc) is 2.78. The van der Waals surface area contributed by atoms with E-state index >= 15 is 0 Å². The van der Waals surface area contributed by atoms with Crippen LogP contribution in [0, 0.1) is 5.92 Å². The van der Waals surface area contributed by atoms with Gasteiger partial charge in [0.2, 0.25) is 5.90 Å². The van der Waals surface area contributed by atoms with Crippen molar-refractivity contribution in [1.82, 2.24) is 0 Å². The molecule has 1 aromatic rings. The normalized spacial score (nSPS) is 19.8. The summed E-state index contributed by atoms with van der Waals surface area (Å²) in [4.78, 5) is 4.61. The predicted octanol–water partition coefficient (Wildman–Crippen LogP) is 3.05. The van der Waals surface area contributed by atoms with Gasteiger partial charge in [-0.2, -0.15) is 0 Å². The van der Waals surface area contributed by atoms with E-state index in [1.165, 1.54) is 5.56 Å². The molecule has 86 valence electrons. The molecule has 1 aliphatic heterocycles. The van der Waals surface area contributed by atoms with Crippen LogP contribution in [0.1, 0.15) is 31.9 Å². The van der Waals surface area contributed by atoms with E-state index in [1.54, 1.807) is 0 Å². The molecule has 0 fully saturated rings. The molecule has 0 spiro atoms. The first-order chi connectivity index (χ1) is 7.70. The molecule has 1 heterocycles. The van der Waals surface area contributed by atoms with Crippen LogP contribution in [0.2, 0.25) is 0 Å². The van der Waals surface area contributed by atoms with E-state index in [-0.39, 0.29) is 0 Å². The zero-order valence-electron chi connectivity index (χ0n) is 10.2. The second-order valence-corrected chi connectivity index (χ2v) is 4.61. The number of rotatable bonds is 3. The summed E-state index contributed by atoms with van der Waals surface area (Å²) in [6.45, 7) is 7.25. The fourth-order valence-electron chi connectivity index (χ4n) is 1.77. The minimum atomic E-state index is 0.320. The molecule has 16 heavy (non-hydrogen) atoms. The molecule has 2 heteroatoms. The van der Waals surface area contributed by atoms with Crippen LogP contribution < -0.4 is 0 Å².